The molecule has 0 radical (unpaired) electrons. The van der Waals surface area contributed by atoms with Crippen LogP contribution in [0, 0.1) is 0 Å². The van der Waals surface area contributed by atoms with E-state index < -0.39 is 0 Å². The highest BCUT2D eigenvalue weighted by molar-refractivity contribution is 5.88. The maximum Gasteiger partial charge on any atom is 0.119 e. The molecule has 116 valence electrons. The molecule has 0 spiro atoms. The van der Waals surface area contributed by atoms with Gasteiger partial charge in [-0.05, 0) is 47.5 Å². The van der Waals surface area contributed by atoms with Crippen molar-refractivity contribution in [2.24, 2.45) is 0 Å². The van der Waals surface area contributed by atoms with E-state index >= 15 is 0 Å². The normalized spacial score (nSPS) is 11.2. The Kier molecular flexibility index (Phi) is 3.23. The Balaban J connectivity index is 1.78. The first-order valence-corrected chi connectivity index (χ1v) is 7.56. The number of aromatic amines is 2. The minimum absolute atomic E-state index is 0.848. The number of aromatic nitrogens is 2. The SMILES string of the molecule is COc1ccc2[nH]cc(Cc3c[nH]c4ccc(OC)cc34)c2c1. The van der Waals surface area contributed by atoms with Gasteiger partial charge in [-0.25, -0.2) is 0 Å². The fourth-order valence-electron chi connectivity index (χ4n) is 3.07. The first-order valence-electron chi connectivity index (χ1n) is 7.56. The number of hydrogen-bond acceptors (Lipinski definition) is 2. The summed E-state index contributed by atoms with van der Waals surface area (Å²) < 4.78 is 10.7. The summed E-state index contributed by atoms with van der Waals surface area (Å²) in [6.07, 6.45) is 4.99. The molecule has 2 aromatic heterocycles. The van der Waals surface area contributed by atoms with E-state index in [9.17, 15) is 0 Å². The number of hydrogen-bond donors (Lipinski definition) is 2. The molecular weight excluding hydrogens is 288 g/mol. The molecule has 0 atom stereocenters. The number of benzene rings is 2. The van der Waals surface area contributed by atoms with Crippen molar-refractivity contribution in [3.8, 4) is 11.5 Å². The van der Waals surface area contributed by atoms with E-state index in [1.165, 1.54) is 21.9 Å². The van der Waals surface area contributed by atoms with Crippen LogP contribution in [-0.2, 0) is 6.42 Å². The van der Waals surface area contributed by atoms with Gasteiger partial charge in [0.25, 0.3) is 0 Å². The van der Waals surface area contributed by atoms with Gasteiger partial charge in [0.15, 0.2) is 0 Å². The molecule has 0 aliphatic rings. The summed E-state index contributed by atoms with van der Waals surface area (Å²) in [6.45, 7) is 0. The van der Waals surface area contributed by atoms with Gasteiger partial charge in [-0.15, -0.1) is 0 Å². The predicted molar refractivity (Wildman–Crippen MR) is 92.5 cm³/mol. The maximum atomic E-state index is 5.35. The van der Waals surface area contributed by atoms with Crippen LogP contribution in [0.3, 0.4) is 0 Å². The second-order valence-corrected chi connectivity index (χ2v) is 5.63. The first kappa shape index (κ1) is 13.8. The summed E-state index contributed by atoms with van der Waals surface area (Å²) in [5, 5.41) is 2.39. The number of nitrogens with one attached hydrogen (secondary N) is 2. The van der Waals surface area contributed by atoms with Crippen LogP contribution in [0.15, 0.2) is 48.8 Å². The summed E-state index contributed by atoms with van der Waals surface area (Å²) in [5.74, 6) is 1.75. The zero-order valence-electron chi connectivity index (χ0n) is 13.1. The Morgan fingerprint density at radius 2 is 1.22 bits per heavy atom. The van der Waals surface area contributed by atoms with E-state index in [1.54, 1.807) is 14.2 Å². The van der Waals surface area contributed by atoms with E-state index in [1.807, 2.05) is 12.1 Å². The van der Waals surface area contributed by atoms with Gasteiger partial charge in [0.2, 0.25) is 0 Å². The van der Waals surface area contributed by atoms with Crippen LogP contribution < -0.4 is 9.47 Å². The van der Waals surface area contributed by atoms with E-state index in [-0.39, 0.29) is 0 Å². The molecule has 0 amide bonds. The number of fused-ring (bicyclic) bond motifs is 2. The molecule has 4 aromatic rings. The van der Waals surface area contributed by atoms with Crippen molar-refractivity contribution in [2.45, 2.75) is 6.42 Å². The molecule has 4 heteroatoms. The van der Waals surface area contributed by atoms with Crippen LogP contribution >= 0.6 is 0 Å². The number of ether oxygens (including phenoxy) is 2. The van der Waals surface area contributed by atoms with E-state index in [4.69, 9.17) is 9.47 Å². The van der Waals surface area contributed by atoms with Gasteiger partial charge in [0.1, 0.15) is 11.5 Å². The zero-order chi connectivity index (χ0) is 15.8. The second kappa shape index (κ2) is 5.39. The lowest BCUT2D eigenvalue weighted by Gasteiger charge is -2.03. The fourth-order valence-corrected chi connectivity index (χ4v) is 3.07. The Morgan fingerprint density at radius 1 is 0.739 bits per heavy atom. The van der Waals surface area contributed by atoms with Crippen molar-refractivity contribution in [3.05, 3.63) is 59.9 Å². The summed E-state index contributed by atoms with van der Waals surface area (Å²) in [6, 6.07) is 12.2. The average molecular weight is 306 g/mol. The highest BCUT2D eigenvalue weighted by atomic mass is 16.5. The number of rotatable bonds is 4. The molecule has 23 heavy (non-hydrogen) atoms. The summed E-state index contributed by atoms with van der Waals surface area (Å²) in [4.78, 5) is 6.66. The third-order valence-electron chi connectivity index (χ3n) is 4.33. The van der Waals surface area contributed by atoms with Crippen molar-refractivity contribution in [1.29, 1.82) is 0 Å². The Labute approximate surface area is 134 Å². The molecule has 0 saturated heterocycles. The summed E-state index contributed by atoms with van der Waals surface area (Å²) >= 11 is 0. The van der Waals surface area contributed by atoms with E-state index in [0.29, 0.717) is 0 Å². The number of methoxy groups -OCH3 is 2. The lowest BCUT2D eigenvalue weighted by atomic mass is 10.0. The highest BCUT2D eigenvalue weighted by Gasteiger charge is 2.10. The van der Waals surface area contributed by atoms with E-state index in [0.717, 1.165) is 29.0 Å². The lowest BCUT2D eigenvalue weighted by Crippen LogP contribution is -1.87. The van der Waals surface area contributed by atoms with Crippen LogP contribution in [0.2, 0.25) is 0 Å². The average Bonchev–Trinajstić information content (AvgIpc) is 3.19. The van der Waals surface area contributed by atoms with Crippen molar-refractivity contribution < 1.29 is 9.47 Å². The van der Waals surface area contributed by atoms with Crippen LogP contribution in [-0.4, -0.2) is 24.2 Å². The van der Waals surface area contributed by atoms with Gasteiger partial charge < -0.3 is 19.4 Å². The van der Waals surface area contributed by atoms with Crippen LogP contribution in [0.1, 0.15) is 11.1 Å². The molecule has 4 rings (SSSR count). The summed E-state index contributed by atoms with van der Waals surface area (Å²) in [7, 11) is 3.39. The van der Waals surface area contributed by atoms with Gasteiger partial charge in [-0.1, -0.05) is 0 Å². The molecule has 2 heterocycles. The Morgan fingerprint density at radius 3 is 1.65 bits per heavy atom. The second-order valence-electron chi connectivity index (χ2n) is 5.63. The van der Waals surface area contributed by atoms with E-state index in [2.05, 4.69) is 46.6 Å². The monoisotopic (exact) mass is 306 g/mol. The predicted octanol–water partition coefficient (Wildman–Crippen LogP) is 4.26. The van der Waals surface area contributed by atoms with Crippen LogP contribution in [0.25, 0.3) is 21.8 Å². The third kappa shape index (κ3) is 2.32. The zero-order valence-corrected chi connectivity index (χ0v) is 13.1. The molecular formula is C19H18N2O2. The van der Waals surface area contributed by atoms with Gasteiger partial charge in [0.05, 0.1) is 14.2 Å². The Hall–Kier alpha value is -2.88. The maximum absolute atomic E-state index is 5.35. The molecule has 2 N–H and O–H groups in total. The molecule has 0 aliphatic carbocycles. The minimum Gasteiger partial charge on any atom is -0.497 e. The van der Waals surface area contributed by atoms with Gasteiger partial charge in [-0.2, -0.15) is 0 Å². The largest absolute Gasteiger partial charge is 0.497 e. The Bertz CT molecular complexity index is 902. The standard InChI is InChI=1S/C19H18N2O2/c1-22-14-3-5-18-16(8-14)12(10-20-18)7-13-11-21-19-6-4-15(23-2)9-17(13)19/h3-6,8-11,20-21H,7H2,1-2H3. The smallest absolute Gasteiger partial charge is 0.119 e. The quantitative estimate of drug-likeness (QED) is 0.592. The molecule has 0 saturated carbocycles. The van der Waals surface area contributed by atoms with Gasteiger partial charge in [0, 0.05) is 40.6 Å². The molecule has 0 fully saturated rings. The molecule has 4 nitrogen and oxygen atoms in total. The molecule has 0 bridgehead atoms. The highest BCUT2D eigenvalue weighted by Crippen LogP contribution is 2.29. The summed E-state index contributed by atoms with van der Waals surface area (Å²) in [5.41, 5.74) is 4.75. The number of H-pyrrole nitrogens is 2. The van der Waals surface area contributed by atoms with Crippen molar-refractivity contribution in [3.63, 3.8) is 0 Å². The third-order valence-corrected chi connectivity index (χ3v) is 4.33. The first-order chi connectivity index (χ1) is 11.3. The van der Waals surface area contributed by atoms with Crippen LogP contribution in [0.4, 0.5) is 0 Å². The van der Waals surface area contributed by atoms with Crippen molar-refractivity contribution >= 4 is 21.8 Å². The van der Waals surface area contributed by atoms with Crippen molar-refractivity contribution in [1.82, 2.24) is 9.97 Å². The molecule has 0 unspecified atom stereocenters. The van der Waals surface area contributed by atoms with Crippen LogP contribution in [0.5, 0.6) is 11.5 Å². The topological polar surface area (TPSA) is 50.0 Å². The van der Waals surface area contributed by atoms with Crippen molar-refractivity contribution in [2.75, 3.05) is 14.2 Å². The molecule has 0 aliphatic heterocycles. The molecule has 2 aromatic carbocycles. The minimum atomic E-state index is 0.848. The lowest BCUT2D eigenvalue weighted by molar-refractivity contribution is 0.415. The van der Waals surface area contributed by atoms with Gasteiger partial charge >= 0.3 is 0 Å². The fraction of sp³-hybridized carbons (Fsp3) is 0.158. The van der Waals surface area contributed by atoms with Gasteiger partial charge in [-0.3, -0.25) is 0 Å².